The molecule has 0 aliphatic rings. The van der Waals surface area contributed by atoms with Gasteiger partial charge in [-0.1, -0.05) is 321 Å². The van der Waals surface area contributed by atoms with Gasteiger partial charge in [-0.2, -0.15) is 0 Å². The van der Waals surface area contributed by atoms with Crippen LogP contribution in [-0.2, 0) is 10.8 Å². The Labute approximate surface area is 861 Å². The van der Waals surface area contributed by atoms with E-state index in [-0.39, 0.29) is 10.8 Å². The van der Waals surface area contributed by atoms with Crippen molar-refractivity contribution in [1.29, 1.82) is 0 Å². The Balaban J connectivity index is 0.000000154. The average molecular weight is 1910 g/mol. The Bertz CT molecular complexity index is 8740. The van der Waals surface area contributed by atoms with Crippen LogP contribution in [0.1, 0.15) is 52.7 Å². The van der Waals surface area contributed by atoms with E-state index in [0.717, 1.165) is 223 Å². The first-order valence-electron chi connectivity index (χ1n) is 50.8. The van der Waals surface area contributed by atoms with Crippen LogP contribution < -0.4 is 19.6 Å². The molecular formula is C140H104N4O4. The SMILES string of the molecule is CC(C)(C)c1cccc(N(c2ccc(-c3ccccc3)cc2)c2ccc(-c3cc4c(ccc5c6cc(-c7ccc(N(c8ccc(-c9ccccc9)cc8)c8cccc(C(C)(C)C)c8)cc7)oc6ccc45)o3)cc2)c1.c1ccc(-c2c(-c3ccc4cc(N(c5ccccc5)c5ccccc5)ccc4c3)oc3ccc4c(ccc5oc(-c6ccc7cc(N(c8ccccc8)c8ccccc8)ccc7c6)c(-c6ccccc6)c54)c23)cc1. The van der Waals surface area contributed by atoms with Gasteiger partial charge in [0.1, 0.15) is 45.4 Å². The van der Waals surface area contributed by atoms with Crippen LogP contribution in [0.2, 0.25) is 0 Å². The van der Waals surface area contributed by atoms with E-state index in [4.69, 9.17) is 17.7 Å². The second-order valence-corrected chi connectivity index (χ2v) is 40.3. The summed E-state index contributed by atoms with van der Waals surface area (Å²) in [7, 11) is 0. The summed E-state index contributed by atoms with van der Waals surface area (Å²) in [5.74, 6) is 3.33. The van der Waals surface area contributed by atoms with Gasteiger partial charge >= 0.3 is 0 Å². The van der Waals surface area contributed by atoms with Crippen LogP contribution in [-0.4, -0.2) is 0 Å². The van der Waals surface area contributed by atoms with Gasteiger partial charge in [0.25, 0.3) is 0 Å². The van der Waals surface area contributed by atoms with Crippen molar-refractivity contribution < 1.29 is 17.7 Å². The average Bonchev–Trinajstić information content (AvgIpc) is 1.54. The third-order valence-corrected chi connectivity index (χ3v) is 28.8. The van der Waals surface area contributed by atoms with Crippen molar-refractivity contribution in [2.45, 2.75) is 52.4 Å². The fraction of sp³-hybridized carbons (Fsp3) is 0.0571. The number of para-hydroxylation sites is 4. The zero-order chi connectivity index (χ0) is 99.5. The van der Waals surface area contributed by atoms with E-state index >= 15 is 0 Å². The number of anilines is 12. The fourth-order valence-corrected chi connectivity index (χ4v) is 21.3. The smallest absolute Gasteiger partial charge is 0.143 e. The second-order valence-electron chi connectivity index (χ2n) is 40.3. The highest BCUT2D eigenvalue weighted by Gasteiger charge is 2.29. The molecular weight excluding hydrogens is 1800 g/mol. The van der Waals surface area contributed by atoms with Crippen LogP contribution >= 0.6 is 0 Å². The molecule has 0 amide bonds. The normalized spacial score (nSPS) is 11.7. The molecule has 0 unspecified atom stereocenters. The first kappa shape index (κ1) is 90.5. The summed E-state index contributed by atoms with van der Waals surface area (Å²) in [6.07, 6.45) is 0. The number of hydrogen-bond donors (Lipinski definition) is 0. The van der Waals surface area contributed by atoms with Gasteiger partial charge in [-0.25, -0.2) is 0 Å². The van der Waals surface area contributed by atoms with Crippen molar-refractivity contribution in [3.05, 3.63) is 533 Å². The highest BCUT2D eigenvalue weighted by molar-refractivity contribution is 6.25. The van der Waals surface area contributed by atoms with Crippen molar-refractivity contribution in [3.8, 4) is 89.8 Å². The van der Waals surface area contributed by atoms with Crippen LogP contribution in [0, 0.1) is 0 Å². The molecule has 8 nitrogen and oxygen atoms in total. The molecule has 0 spiro atoms. The summed E-state index contributed by atoms with van der Waals surface area (Å²) >= 11 is 0. The van der Waals surface area contributed by atoms with Gasteiger partial charge in [0.2, 0.25) is 0 Å². The van der Waals surface area contributed by atoms with E-state index in [2.05, 4.69) is 583 Å². The van der Waals surface area contributed by atoms with E-state index in [1.165, 1.54) is 33.4 Å². The monoisotopic (exact) mass is 1900 g/mol. The van der Waals surface area contributed by atoms with Gasteiger partial charge in [-0.3, -0.25) is 0 Å². The molecule has 22 aromatic carbocycles. The van der Waals surface area contributed by atoms with E-state index < -0.39 is 0 Å². The Morgan fingerprint density at radius 1 is 0.155 bits per heavy atom. The maximum Gasteiger partial charge on any atom is 0.143 e. The molecule has 0 aliphatic carbocycles. The van der Waals surface area contributed by atoms with Gasteiger partial charge < -0.3 is 37.3 Å². The number of furan rings is 4. The van der Waals surface area contributed by atoms with Gasteiger partial charge in [0, 0.05) is 123 Å². The molecule has 0 saturated carbocycles. The molecule has 0 saturated heterocycles. The first-order chi connectivity index (χ1) is 72.6. The van der Waals surface area contributed by atoms with Crippen LogP contribution in [0.3, 0.4) is 0 Å². The van der Waals surface area contributed by atoms with E-state index in [1.54, 1.807) is 0 Å². The molecule has 148 heavy (non-hydrogen) atoms. The fourth-order valence-electron chi connectivity index (χ4n) is 21.3. The Morgan fingerprint density at radius 3 is 0.723 bits per heavy atom. The minimum absolute atomic E-state index is 0.00775. The predicted molar refractivity (Wildman–Crippen MR) is 622 cm³/mol. The van der Waals surface area contributed by atoms with Crippen LogP contribution in [0.25, 0.3) is 177 Å². The molecule has 26 rings (SSSR count). The minimum Gasteiger partial charge on any atom is -0.456 e. The lowest BCUT2D eigenvalue weighted by Crippen LogP contribution is -2.14. The number of fused-ring (bicyclic) bond motifs is 12. The molecule has 0 bridgehead atoms. The predicted octanol–water partition coefficient (Wildman–Crippen LogP) is 40.8. The molecule has 0 radical (unpaired) electrons. The summed E-state index contributed by atoms with van der Waals surface area (Å²) in [5, 5.41) is 13.3. The van der Waals surface area contributed by atoms with E-state index in [1.807, 2.05) is 0 Å². The zero-order valence-corrected chi connectivity index (χ0v) is 83.1. The van der Waals surface area contributed by atoms with Crippen molar-refractivity contribution in [2.24, 2.45) is 0 Å². The molecule has 0 fully saturated rings. The number of rotatable bonds is 20. The van der Waals surface area contributed by atoms with Crippen LogP contribution in [0.5, 0.6) is 0 Å². The molecule has 8 heteroatoms. The highest BCUT2D eigenvalue weighted by Crippen LogP contribution is 2.53. The molecule has 0 atom stereocenters. The topological polar surface area (TPSA) is 65.5 Å². The maximum absolute atomic E-state index is 7.06. The van der Waals surface area contributed by atoms with E-state index in [9.17, 15) is 0 Å². The number of nitrogens with zero attached hydrogens (tertiary/aromatic N) is 4. The summed E-state index contributed by atoms with van der Waals surface area (Å²) < 4.78 is 27.4. The van der Waals surface area contributed by atoms with Crippen LogP contribution in [0.4, 0.5) is 68.2 Å². The van der Waals surface area contributed by atoms with Gasteiger partial charge in [0.05, 0.1) is 0 Å². The third-order valence-electron chi connectivity index (χ3n) is 28.8. The quantitative estimate of drug-likeness (QED) is 0.0748. The van der Waals surface area contributed by atoms with Gasteiger partial charge in [-0.05, 0) is 341 Å². The van der Waals surface area contributed by atoms with Crippen LogP contribution in [0.15, 0.2) is 539 Å². The van der Waals surface area contributed by atoms with E-state index in [0.29, 0.717) is 0 Å². The Hall–Kier alpha value is -18.8. The Kier molecular flexibility index (Phi) is 23.3. The molecule has 708 valence electrons. The Morgan fingerprint density at radius 2 is 0.399 bits per heavy atom. The standard InChI is InChI=1S/C70H46N2O2.C70H58N2O2/c1-7-19-47(20-8-1)65-67-61-39-42-64-68(62(61)40-41-63(67)73-69(65)53-33-31-51-45-59(37-35-49(51)43-53)71(55-23-11-3-12-24-55)56-25-13-4-14-26-56)66(48-21-9-2-10-22-48)70(74-64)54-34-32-52-46-60(38-36-50(52)44-54)72(57-27-15-5-16-28-57)58-29-17-6-18-30-58;1-69(2,3)53-19-13-21-59(43-53)71(55-31-23-49(24-32-55)47-15-9-7-10-16-47)57-35-27-51(28-36-57)67-45-63-61-40-42-66-64(62(61)39-41-65(63)73-67)46-68(74-66)52-29-37-58(38-30-52)72(60-22-14-20-54(44-60)70(4,5)6)56-33-25-50(26-34-56)48-17-11-8-12-18-48/h1-46H;7-46H,1-6H3. The lowest BCUT2D eigenvalue weighted by molar-refractivity contribution is 0.590. The molecule has 0 aliphatic heterocycles. The highest BCUT2D eigenvalue weighted by atomic mass is 16.3. The minimum atomic E-state index is 0.00775. The van der Waals surface area contributed by atoms with Crippen molar-refractivity contribution in [3.63, 3.8) is 0 Å². The summed E-state index contributed by atoms with van der Waals surface area (Å²) in [5.41, 5.74) is 32.3. The van der Waals surface area contributed by atoms with Gasteiger partial charge in [-0.15, -0.1) is 0 Å². The lowest BCUT2D eigenvalue weighted by atomic mass is 9.87. The third kappa shape index (κ3) is 17.4. The lowest BCUT2D eigenvalue weighted by Gasteiger charge is -2.28. The summed E-state index contributed by atoms with van der Waals surface area (Å²) in [4.78, 5) is 9.29. The summed E-state index contributed by atoms with van der Waals surface area (Å²) in [6.45, 7) is 13.6. The zero-order valence-electron chi connectivity index (χ0n) is 83.1. The molecule has 26 aromatic rings. The summed E-state index contributed by atoms with van der Waals surface area (Å²) in [6, 6.07) is 186. The molecule has 4 heterocycles. The van der Waals surface area contributed by atoms with Crippen molar-refractivity contribution in [2.75, 3.05) is 19.6 Å². The van der Waals surface area contributed by atoms with Crippen molar-refractivity contribution in [1.82, 2.24) is 0 Å². The first-order valence-corrected chi connectivity index (χ1v) is 50.8. The van der Waals surface area contributed by atoms with Gasteiger partial charge in [0.15, 0.2) is 0 Å². The molecule has 4 aromatic heterocycles. The second kappa shape index (κ2) is 38.2. The van der Waals surface area contributed by atoms with Crippen molar-refractivity contribution >= 4 is 155 Å². The molecule has 0 N–H and O–H groups in total. The largest absolute Gasteiger partial charge is 0.456 e. The number of benzene rings is 22. The maximum atomic E-state index is 7.06. The number of hydrogen-bond acceptors (Lipinski definition) is 8.